The van der Waals surface area contributed by atoms with Crippen LogP contribution in [0.1, 0.15) is 11.1 Å². The number of rotatable bonds is 5. The van der Waals surface area contributed by atoms with Crippen molar-refractivity contribution < 1.29 is 9.47 Å². The van der Waals surface area contributed by atoms with Crippen molar-refractivity contribution in [2.75, 3.05) is 33.9 Å². The highest BCUT2D eigenvalue weighted by Crippen LogP contribution is 2.33. The summed E-state index contributed by atoms with van der Waals surface area (Å²) >= 11 is 0. The highest BCUT2D eigenvalue weighted by atomic mass is 16.5. The van der Waals surface area contributed by atoms with Gasteiger partial charge in [-0.15, -0.1) is 0 Å². The zero-order valence-electron chi connectivity index (χ0n) is 11.7. The van der Waals surface area contributed by atoms with E-state index in [0.717, 1.165) is 37.6 Å². The Hall–Kier alpha value is -1.52. The molecule has 4 heteroatoms. The summed E-state index contributed by atoms with van der Waals surface area (Å²) in [6, 6.07) is 4.19. The highest BCUT2D eigenvalue weighted by Gasteiger charge is 2.18. The third-order valence-corrected chi connectivity index (χ3v) is 3.46. The van der Waals surface area contributed by atoms with Gasteiger partial charge in [0, 0.05) is 26.2 Å². The van der Waals surface area contributed by atoms with E-state index in [0.29, 0.717) is 6.54 Å². The molecule has 1 aromatic rings. The van der Waals surface area contributed by atoms with Crippen LogP contribution < -0.4 is 15.2 Å². The number of nitrogens with zero attached hydrogens (tertiary/aromatic N) is 1. The maximum absolute atomic E-state index is 5.45. The molecule has 0 saturated carbocycles. The third kappa shape index (κ3) is 3.28. The van der Waals surface area contributed by atoms with Crippen LogP contribution in [0.25, 0.3) is 0 Å². The van der Waals surface area contributed by atoms with Crippen molar-refractivity contribution in [3.8, 4) is 11.5 Å². The number of hydrogen-bond acceptors (Lipinski definition) is 4. The fourth-order valence-corrected chi connectivity index (χ4v) is 2.42. The van der Waals surface area contributed by atoms with E-state index in [-0.39, 0.29) is 0 Å². The number of hydrogen-bond donors (Lipinski definition) is 1. The molecule has 0 aliphatic carbocycles. The molecule has 104 valence electrons. The average molecular weight is 262 g/mol. The maximum atomic E-state index is 5.45. The van der Waals surface area contributed by atoms with E-state index >= 15 is 0 Å². The Morgan fingerprint density at radius 1 is 1.16 bits per heavy atom. The summed E-state index contributed by atoms with van der Waals surface area (Å²) in [7, 11) is 3.35. The average Bonchev–Trinajstić information content (AvgIpc) is 2.46. The van der Waals surface area contributed by atoms with Crippen LogP contribution in [0, 0.1) is 0 Å². The Kier molecular flexibility index (Phi) is 4.82. The van der Waals surface area contributed by atoms with Gasteiger partial charge >= 0.3 is 0 Å². The molecular formula is C15H22N2O2. The predicted molar refractivity (Wildman–Crippen MR) is 76.7 cm³/mol. The quantitative estimate of drug-likeness (QED) is 0.818. The molecule has 0 saturated heterocycles. The Morgan fingerprint density at radius 3 is 2.47 bits per heavy atom. The molecule has 1 aromatic carbocycles. The molecule has 0 spiro atoms. The molecule has 4 nitrogen and oxygen atoms in total. The van der Waals surface area contributed by atoms with Gasteiger partial charge < -0.3 is 15.2 Å². The molecule has 1 aliphatic heterocycles. The van der Waals surface area contributed by atoms with Crippen LogP contribution in [0.3, 0.4) is 0 Å². The summed E-state index contributed by atoms with van der Waals surface area (Å²) in [4.78, 5) is 2.40. The van der Waals surface area contributed by atoms with Crippen LogP contribution in [-0.4, -0.2) is 38.8 Å². The molecule has 2 N–H and O–H groups in total. The summed E-state index contributed by atoms with van der Waals surface area (Å²) in [6.45, 7) is 3.57. The molecule has 0 atom stereocenters. The molecule has 19 heavy (non-hydrogen) atoms. The summed E-state index contributed by atoms with van der Waals surface area (Å²) in [5.74, 6) is 1.62. The lowest BCUT2D eigenvalue weighted by atomic mass is 9.99. The summed E-state index contributed by atoms with van der Waals surface area (Å²) in [5.41, 5.74) is 8.14. The van der Waals surface area contributed by atoms with Gasteiger partial charge in [-0.2, -0.15) is 0 Å². The number of ether oxygens (including phenoxy) is 2. The second kappa shape index (κ2) is 6.59. The van der Waals surface area contributed by atoms with Crippen molar-refractivity contribution in [1.82, 2.24) is 4.90 Å². The normalized spacial score (nSPS) is 15.5. The number of methoxy groups -OCH3 is 2. The minimum Gasteiger partial charge on any atom is -0.493 e. The van der Waals surface area contributed by atoms with Gasteiger partial charge in [0.15, 0.2) is 11.5 Å². The first-order chi connectivity index (χ1) is 9.28. The van der Waals surface area contributed by atoms with E-state index in [9.17, 15) is 0 Å². The Bertz CT molecular complexity index is 458. The lowest BCUT2D eigenvalue weighted by Crippen LogP contribution is -2.30. The van der Waals surface area contributed by atoms with Crippen LogP contribution in [0.5, 0.6) is 11.5 Å². The van der Waals surface area contributed by atoms with Gasteiger partial charge in [-0.05, 0) is 29.7 Å². The van der Waals surface area contributed by atoms with E-state index in [2.05, 4.69) is 23.1 Å². The van der Waals surface area contributed by atoms with Gasteiger partial charge in [-0.25, -0.2) is 0 Å². The second-order valence-electron chi connectivity index (χ2n) is 4.67. The maximum Gasteiger partial charge on any atom is 0.161 e. The molecular weight excluding hydrogens is 240 g/mol. The first-order valence-corrected chi connectivity index (χ1v) is 6.59. The van der Waals surface area contributed by atoms with Gasteiger partial charge in [-0.1, -0.05) is 12.2 Å². The summed E-state index contributed by atoms with van der Waals surface area (Å²) < 4.78 is 10.7. The van der Waals surface area contributed by atoms with Crippen LogP contribution in [0.4, 0.5) is 0 Å². The Balaban J connectivity index is 2.13. The van der Waals surface area contributed by atoms with Crippen molar-refractivity contribution in [2.24, 2.45) is 5.73 Å². The summed E-state index contributed by atoms with van der Waals surface area (Å²) in [5, 5.41) is 0. The predicted octanol–water partition coefficient (Wildman–Crippen LogP) is 1.58. The fraction of sp³-hybridized carbons (Fsp3) is 0.467. The van der Waals surface area contributed by atoms with E-state index < -0.39 is 0 Å². The smallest absolute Gasteiger partial charge is 0.161 e. The standard InChI is InChI=1S/C15H22N2O2/c1-18-14-9-12-5-8-17(7-4-3-6-16)11-13(12)10-15(14)19-2/h3-4,9-10H,5-8,11,16H2,1-2H3. The van der Waals surface area contributed by atoms with Gasteiger partial charge in [0.1, 0.15) is 0 Å². The van der Waals surface area contributed by atoms with Crippen LogP contribution in [-0.2, 0) is 13.0 Å². The van der Waals surface area contributed by atoms with Crippen LogP contribution in [0.15, 0.2) is 24.3 Å². The van der Waals surface area contributed by atoms with Gasteiger partial charge in [0.2, 0.25) is 0 Å². The fourth-order valence-electron chi connectivity index (χ4n) is 2.42. The van der Waals surface area contributed by atoms with Gasteiger partial charge in [-0.3, -0.25) is 4.90 Å². The highest BCUT2D eigenvalue weighted by molar-refractivity contribution is 5.48. The number of fused-ring (bicyclic) bond motifs is 1. The van der Waals surface area contributed by atoms with E-state index in [1.54, 1.807) is 14.2 Å². The lowest BCUT2D eigenvalue weighted by molar-refractivity contribution is 0.279. The van der Waals surface area contributed by atoms with Crippen LogP contribution in [0.2, 0.25) is 0 Å². The van der Waals surface area contributed by atoms with Crippen molar-refractivity contribution in [1.29, 1.82) is 0 Å². The van der Waals surface area contributed by atoms with Gasteiger partial charge in [0.05, 0.1) is 14.2 Å². The minimum atomic E-state index is 0.607. The molecule has 0 amide bonds. The molecule has 0 aromatic heterocycles. The zero-order chi connectivity index (χ0) is 13.7. The van der Waals surface area contributed by atoms with Crippen molar-refractivity contribution in [2.45, 2.75) is 13.0 Å². The van der Waals surface area contributed by atoms with Crippen LogP contribution >= 0.6 is 0 Å². The number of nitrogens with two attached hydrogens (primary N) is 1. The SMILES string of the molecule is COc1cc2c(cc1OC)CN(CC=CCN)CC2. The first-order valence-electron chi connectivity index (χ1n) is 6.59. The molecule has 0 bridgehead atoms. The van der Waals surface area contributed by atoms with E-state index in [1.165, 1.54) is 11.1 Å². The summed E-state index contributed by atoms with van der Waals surface area (Å²) in [6.07, 6.45) is 5.18. The lowest BCUT2D eigenvalue weighted by Gasteiger charge is -2.28. The largest absolute Gasteiger partial charge is 0.493 e. The molecule has 1 heterocycles. The molecule has 1 aliphatic rings. The Labute approximate surface area is 114 Å². The molecule has 2 rings (SSSR count). The van der Waals surface area contributed by atoms with Crippen molar-refractivity contribution in [3.63, 3.8) is 0 Å². The monoisotopic (exact) mass is 262 g/mol. The van der Waals surface area contributed by atoms with E-state index in [1.807, 2.05) is 6.08 Å². The Morgan fingerprint density at radius 2 is 1.84 bits per heavy atom. The number of benzene rings is 1. The van der Waals surface area contributed by atoms with E-state index in [4.69, 9.17) is 15.2 Å². The molecule has 0 unspecified atom stereocenters. The zero-order valence-corrected chi connectivity index (χ0v) is 11.7. The first kappa shape index (κ1) is 13.9. The molecule has 0 fully saturated rings. The second-order valence-corrected chi connectivity index (χ2v) is 4.67. The van der Waals surface area contributed by atoms with Crippen molar-refractivity contribution >= 4 is 0 Å². The van der Waals surface area contributed by atoms with Gasteiger partial charge in [0.25, 0.3) is 0 Å². The van der Waals surface area contributed by atoms with Crippen molar-refractivity contribution in [3.05, 3.63) is 35.4 Å². The minimum absolute atomic E-state index is 0.607. The molecule has 0 radical (unpaired) electrons. The topological polar surface area (TPSA) is 47.7 Å². The third-order valence-electron chi connectivity index (χ3n) is 3.46.